The maximum Gasteiger partial charge on any atom is 0.270 e. The molecule has 0 saturated carbocycles. The number of nitro groups is 1. The van der Waals surface area contributed by atoms with Crippen molar-refractivity contribution in [2.24, 2.45) is 0 Å². The van der Waals surface area contributed by atoms with E-state index in [0.29, 0.717) is 10.9 Å². The maximum absolute atomic E-state index is 12.0. The second-order valence-corrected chi connectivity index (χ2v) is 5.13. The summed E-state index contributed by atoms with van der Waals surface area (Å²) in [6.07, 6.45) is 0.794. The first-order chi connectivity index (χ1) is 10.4. The van der Waals surface area contributed by atoms with Gasteiger partial charge >= 0.3 is 0 Å². The Morgan fingerprint density at radius 1 is 1.36 bits per heavy atom. The van der Waals surface area contributed by atoms with E-state index in [0.717, 1.165) is 6.42 Å². The third-order valence-corrected chi connectivity index (χ3v) is 3.51. The van der Waals surface area contributed by atoms with E-state index in [1.807, 2.05) is 13.8 Å². The zero-order chi connectivity index (χ0) is 16.3. The lowest BCUT2D eigenvalue weighted by Gasteiger charge is -2.13. The molecule has 7 nitrogen and oxygen atoms in total. The standard InChI is InChI=1S/C15H17N3O4/c1-3-10(2)16-14(19)9-17-13-6-5-12(18(21)22)8-11(13)4-7-15(17)20/h4-8,10H,3,9H2,1-2H3,(H,16,19). The second kappa shape index (κ2) is 6.38. The van der Waals surface area contributed by atoms with Crippen LogP contribution in [0.4, 0.5) is 5.69 Å². The van der Waals surface area contributed by atoms with Gasteiger partial charge < -0.3 is 5.32 Å². The number of hydrogen-bond donors (Lipinski definition) is 1. The fourth-order valence-corrected chi connectivity index (χ4v) is 2.13. The first kappa shape index (κ1) is 15.7. The second-order valence-electron chi connectivity index (χ2n) is 5.13. The van der Waals surface area contributed by atoms with Gasteiger partial charge in [0.15, 0.2) is 0 Å². The van der Waals surface area contributed by atoms with E-state index in [9.17, 15) is 19.7 Å². The highest BCUT2D eigenvalue weighted by Crippen LogP contribution is 2.19. The summed E-state index contributed by atoms with van der Waals surface area (Å²) < 4.78 is 1.32. The molecule has 0 aliphatic heterocycles. The number of rotatable bonds is 5. The predicted molar refractivity (Wildman–Crippen MR) is 82.8 cm³/mol. The van der Waals surface area contributed by atoms with Crippen LogP contribution in [0, 0.1) is 10.1 Å². The molecule has 0 radical (unpaired) electrons. The van der Waals surface area contributed by atoms with Crippen molar-refractivity contribution in [3.05, 3.63) is 50.8 Å². The molecule has 2 aromatic rings. The van der Waals surface area contributed by atoms with Crippen LogP contribution in [0.25, 0.3) is 10.9 Å². The highest BCUT2D eigenvalue weighted by Gasteiger charge is 2.12. The molecular weight excluding hydrogens is 286 g/mol. The average Bonchev–Trinajstić information content (AvgIpc) is 2.49. The van der Waals surface area contributed by atoms with Gasteiger partial charge in [0, 0.05) is 29.6 Å². The van der Waals surface area contributed by atoms with E-state index < -0.39 is 4.92 Å². The monoisotopic (exact) mass is 303 g/mol. The summed E-state index contributed by atoms with van der Waals surface area (Å²) in [5.41, 5.74) is 0.125. The molecule has 1 N–H and O–H groups in total. The SMILES string of the molecule is CCC(C)NC(=O)Cn1c(=O)ccc2cc([N+](=O)[O-])ccc21. The molecule has 7 heteroatoms. The van der Waals surface area contributed by atoms with Crippen LogP contribution in [-0.4, -0.2) is 21.4 Å². The number of nitro benzene ring substituents is 1. The molecule has 22 heavy (non-hydrogen) atoms. The van der Waals surface area contributed by atoms with Gasteiger partial charge in [0.1, 0.15) is 6.54 Å². The molecule has 0 spiro atoms. The predicted octanol–water partition coefficient (Wildman–Crippen LogP) is 1.82. The van der Waals surface area contributed by atoms with Crippen molar-refractivity contribution in [3.63, 3.8) is 0 Å². The number of carbonyl (C=O) groups is 1. The van der Waals surface area contributed by atoms with Crippen molar-refractivity contribution in [2.45, 2.75) is 32.9 Å². The molecule has 1 aromatic carbocycles. The van der Waals surface area contributed by atoms with E-state index in [-0.39, 0.29) is 29.7 Å². The zero-order valence-electron chi connectivity index (χ0n) is 12.4. The first-order valence-electron chi connectivity index (χ1n) is 6.99. The van der Waals surface area contributed by atoms with E-state index >= 15 is 0 Å². The number of amides is 1. The summed E-state index contributed by atoms with van der Waals surface area (Å²) >= 11 is 0. The van der Waals surface area contributed by atoms with Gasteiger partial charge in [0.25, 0.3) is 11.2 Å². The maximum atomic E-state index is 12.0. The van der Waals surface area contributed by atoms with Crippen LogP contribution in [0.5, 0.6) is 0 Å². The molecular formula is C15H17N3O4. The van der Waals surface area contributed by atoms with Gasteiger partial charge in [0.2, 0.25) is 5.91 Å². The van der Waals surface area contributed by atoms with Crippen molar-refractivity contribution >= 4 is 22.5 Å². The summed E-state index contributed by atoms with van der Waals surface area (Å²) in [4.78, 5) is 34.3. The molecule has 1 aromatic heterocycles. The summed E-state index contributed by atoms with van der Waals surface area (Å²) in [6.45, 7) is 3.72. The van der Waals surface area contributed by atoms with Crippen LogP contribution in [0.2, 0.25) is 0 Å². The third-order valence-electron chi connectivity index (χ3n) is 3.51. The fourth-order valence-electron chi connectivity index (χ4n) is 2.13. The zero-order valence-corrected chi connectivity index (χ0v) is 12.4. The van der Waals surface area contributed by atoms with Gasteiger partial charge in [-0.2, -0.15) is 0 Å². The van der Waals surface area contributed by atoms with Gasteiger partial charge in [-0.3, -0.25) is 24.3 Å². The Morgan fingerprint density at radius 2 is 2.09 bits per heavy atom. The number of hydrogen-bond acceptors (Lipinski definition) is 4. The van der Waals surface area contributed by atoms with Crippen molar-refractivity contribution in [3.8, 4) is 0 Å². The van der Waals surface area contributed by atoms with Crippen LogP contribution < -0.4 is 10.9 Å². The van der Waals surface area contributed by atoms with Gasteiger partial charge in [-0.05, 0) is 25.5 Å². The highest BCUT2D eigenvalue weighted by molar-refractivity contribution is 5.84. The quantitative estimate of drug-likeness (QED) is 0.673. The Bertz CT molecular complexity index is 782. The number of aromatic nitrogens is 1. The van der Waals surface area contributed by atoms with E-state index in [1.165, 1.54) is 34.9 Å². The molecule has 1 unspecified atom stereocenters. The number of fused-ring (bicyclic) bond motifs is 1. The summed E-state index contributed by atoms with van der Waals surface area (Å²) in [5.74, 6) is -0.262. The molecule has 0 bridgehead atoms. The smallest absolute Gasteiger partial charge is 0.270 e. The van der Waals surface area contributed by atoms with Crippen LogP contribution >= 0.6 is 0 Å². The number of nitrogens with one attached hydrogen (secondary N) is 1. The van der Waals surface area contributed by atoms with Crippen LogP contribution in [0.15, 0.2) is 35.1 Å². The van der Waals surface area contributed by atoms with Gasteiger partial charge in [-0.1, -0.05) is 6.92 Å². The largest absolute Gasteiger partial charge is 0.352 e. The normalized spacial score (nSPS) is 12.1. The number of carbonyl (C=O) groups excluding carboxylic acids is 1. The molecule has 1 heterocycles. The Morgan fingerprint density at radius 3 is 2.73 bits per heavy atom. The van der Waals surface area contributed by atoms with E-state index in [1.54, 1.807) is 0 Å². The minimum Gasteiger partial charge on any atom is -0.352 e. The van der Waals surface area contributed by atoms with Gasteiger partial charge in [-0.25, -0.2) is 0 Å². The Hall–Kier alpha value is -2.70. The van der Waals surface area contributed by atoms with Crippen molar-refractivity contribution < 1.29 is 9.72 Å². The van der Waals surface area contributed by atoms with Gasteiger partial charge in [0.05, 0.1) is 10.4 Å². The molecule has 0 fully saturated rings. The number of non-ortho nitro benzene ring substituents is 1. The molecule has 0 aliphatic carbocycles. The molecule has 0 aliphatic rings. The lowest BCUT2D eigenvalue weighted by Crippen LogP contribution is -2.37. The van der Waals surface area contributed by atoms with Crippen molar-refractivity contribution in [1.82, 2.24) is 9.88 Å². The lowest BCUT2D eigenvalue weighted by atomic mass is 10.2. The molecule has 116 valence electrons. The van der Waals surface area contributed by atoms with Crippen molar-refractivity contribution in [2.75, 3.05) is 0 Å². The number of pyridine rings is 1. The van der Waals surface area contributed by atoms with Crippen LogP contribution in [-0.2, 0) is 11.3 Å². The first-order valence-corrected chi connectivity index (χ1v) is 6.99. The van der Waals surface area contributed by atoms with Crippen molar-refractivity contribution in [1.29, 1.82) is 0 Å². The molecule has 1 atom stereocenters. The Labute approximate surface area is 126 Å². The summed E-state index contributed by atoms with van der Waals surface area (Å²) in [7, 11) is 0. The van der Waals surface area contributed by atoms with Gasteiger partial charge in [-0.15, -0.1) is 0 Å². The van der Waals surface area contributed by atoms with Crippen LogP contribution in [0.3, 0.4) is 0 Å². The molecule has 1 amide bonds. The van der Waals surface area contributed by atoms with E-state index in [2.05, 4.69) is 5.32 Å². The number of benzene rings is 1. The topological polar surface area (TPSA) is 94.2 Å². The fraction of sp³-hybridized carbons (Fsp3) is 0.333. The summed E-state index contributed by atoms with van der Waals surface area (Å²) in [6, 6.07) is 7.06. The van der Waals surface area contributed by atoms with Crippen LogP contribution in [0.1, 0.15) is 20.3 Å². The Kier molecular flexibility index (Phi) is 4.55. The molecule has 0 saturated heterocycles. The average molecular weight is 303 g/mol. The van der Waals surface area contributed by atoms with E-state index in [4.69, 9.17) is 0 Å². The third kappa shape index (κ3) is 3.30. The highest BCUT2D eigenvalue weighted by atomic mass is 16.6. The summed E-state index contributed by atoms with van der Waals surface area (Å²) in [5, 5.41) is 14.1. The number of nitrogens with zero attached hydrogens (tertiary/aromatic N) is 2. The lowest BCUT2D eigenvalue weighted by molar-refractivity contribution is -0.384. The molecule has 2 rings (SSSR count). The Balaban J connectivity index is 2.40. The minimum absolute atomic E-state index is 0.0271. The minimum atomic E-state index is -0.496.